The van der Waals surface area contributed by atoms with Crippen molar-refractivity contribution in [1.82, 2.24) is 5.32 Å². The van der Waals surface area contributed by atoms with Crippen LogP contribution >= 0.6 is 24.0 Å². The lowest BCUT2D eigenvalue weighted by molar-refractivity contribution is -0.138. The van der Waals surface area contributed by atoms with Gasteiger partial charge in [0.05, 0.1) is 1.37 Å². The van der Waals surface area contributed by atoms with Crippen molar-refractivity contribution in [3.63, 3.8) is 0 Å². The third-order valence-electron chi connectivity index (χ3n) is 0.687. The first kappa shape index (κ1) is 3.78. The lowest BCUT2D eigenvalue weighted by atomic mass is 10.4. The van der Waals surface area contributed by atoms with Crippen molar-refractivity contribution in [2.75, 3.05) is 5.70 Å². The van der Waals surface area contributed by atoms with Crippen LogP contribution in [0.25, 0.3) is 0 Å². The number of carbonyl (C=O) groups is 1. The second-order valence-corrected chi connectivity index (χ2v) is 2.78. The van der Waals surface area contributed by atoms with E-state index < -0.39 is 17.7 Å². The van der Waals surface area contributed by atoms with E-state index in [-0.39, 0.29) is 4.32 Å². The van der Waals surface area contributed by atoms with Crippen LogP contribution in [0, 0.1) is 0 Å². The van der Waals surface area contributed by atoms with Gasteiger partial charge in [-0.25, -0.2) is 4.79 Å². The molecule has 0 saturated carbocycles. The maximum absolute atomic E-state index is 10.5. The standard InChI is InChI=1S/C4H5NO2S2/c6-3(7)2-1-9-4(8)5-2/h2H,1H2,(H,5,8)(H,6,7)/i1D2,2D. The summed E-state index contributed by atoms with van der Waals surface area (Å²) in [5.74, 6) is -1.57. The van der Waals surface area contributed by atoms with Gasteiger partial charge in [0.2, 0.25) is 0 Å². The number of carboxylic acid groups (broad SMARTS) is 1. The van der Waals surface area contributed by atoms with Crippen LogP contribution in [-0.2, 0) is 4.79 Å². The second kappa shape index (κ2) is 2.53. The Labute approximate surface area is 66.0 Å². The maximum Gasteiger partial charge on any atom is 0.327 e. The Kier molecular flexibility index (Phi) is 1.06. The topological polar surface area (TPSA) is 49.3 Å². The van der Waals surface area contributed by atoms with Crippen LogP contribution < -0.4 is 5.32 Å². The van der Waals surface area contributed by atoms with Crippen molar-refractivity contribution in [3.05, 3.63) is 0 Å². The molecule has 1 fully saturated rings. The minimum atomic E-state index is -2.37. The van der Waals surface area contributed by atoms with Gasteiger partial charge < -0.3 is 10.4 Å². The van der Waals surface area contributed by atoms with Gasteiger partial charge in [-0.1, -0.05) is 24.0 Å². The largest absolute Gasteiger partial charge is 0.480 e. The summed E-state index contributed by atoms with van der Waals surface area (Å²) in [5, 5.41) is 10.7. The van der Waals surface area contributed by atoms with Crippen molar-refractivity contribution in [1.29, 1.82) is 0 Å². The van der Waals surface area contributed by atoms with Crippen LogP contribution in [0.3, 0.4) is 0 Å². The van der Waals surface area contributed by atoms with Crippen LogP contribution in [0.1, 0.15) is 4.11 Å². The number of thiocarbonyl (C=S) groups is 1. The SMILES string of the molecule is [2H]C1([2H])SC(=S)NC1([2H])C(=O)O. The summed E-state index contributed by atoms with van der Waals surface area (Å²) in [7, 11) is 0. The number of carboxylic acids is 1. The summed E-state index contributed by atoms with van der Waals surface area (Å²) in [4.78, 5) is 10.5. The average molecular weight is 166 g/mol. The lowest BCUT2D eigenvalue weighted by Gasteiger charge is -1.99. The normalized spacial score (nSPS) is 44.4. The van der Waals surface area contributed by atoms with E-state index in [4.69, 9.17) is 9.22 Å². The molecule has 0 bridgehead atoms. The molecule has 0 aromatic heterocycles. The summed E-state index contributed by atoms with van der Waals surface area (Å²) in [5.41, 5.74) is -2.23. The first-order valence-corrected chi connectivity index (χ1v) is 3.26. The molecule has 0 radical (unpaired) electrons. The Balaban J connectivity index is 3.05. The van der Waals surface area contributed by atoms with Gasteiger partial charge in [0.15, 0.2) is 0 Å². The maximum atomic E-state index is 10.5. The molecule has 0 spiro atoms. The predicted octanol–water partition coefficient (Wildman–Crippen LogP) is 0.0609. The minimum absolute atomic E-state index is 0.00241. The molecule has 1 heterocycles. The number of hydrogen-bond donors (Lipinski definition) is 2. The molecule has 9 heavy (non-hydrogen) atoms. The highest BCUT2D eigenvalue weighted by Gasteiger charge is 2.24. The van der Waals surface area contributed by atoms with Crippen molar-refractivity contribution >= 4 is 34.3 Å². The van der Waals surface area contributed by atoms with Crippen LogP contribution in [-0.4, -0.2) is 27.1 Å². The fourth-order valence-corrected chi connectivity index (χ4v) is 1.06. The number of nitrogens with one attached hydrogen (secondary N) is 1. The third kappa shape index (κ3) is 1.56. The molecule has 1 saturated heterocycles. The molecule has 0 aliphatic carbocycles. The Morgan fingerprint density at radius 2 is 3.00 bits per heavy atom. The number of aliphatic carboxylic acids is 1. The lowest BCUT2D eigenvalue weighted by Crippen LogP contribution is -2.33. The Morgan fingerprint density at radius 3 is 3.22 bits per heavy atom. The molecule has 1 atom stereocenters. The molecule has 5 heteroatoms. The quantitative estimate of drug-likeness (QED) is 0.539. The van der Waals surface area contributed by atoms with E-state index in [2.05, 4.69) is 17.5 Å². The fourth-order valence-electron chi connectivity index (χ4n) is 0.348. The van der Waals surface area contributed by atoms with E-state index >= 15 is 0 Å². The fraction of sp³-hybridized carbons (Fsp3) is 0.500. The van der Waals surface area contributed by atoms with Gasteiger partial charge in [0.1, 0.15) is 10.3 Å². The molecule has 2 N–H and O–H groups in total. The molecule has 0 aromatic rings. The first-order valence-electron chi connectivity index (χ1n) is 3.54. The molecule has 1 aliphatic heterocycles. The van der Waals surface area contributed by atoms with Gasteiger partial charge in [0, 0.05) is 8.45 Å². The summed E-state index contributed by atoms with van der Waals surface area (Å²) < 4.78 is 21.7. The van der Waals surface area contributed by atoms with Gasteiger partial charge in [-0.2, -0.15) is 0 Å². The van der Waals surface area contributed by atoms with Gasteiger partial charge in [0.25, 0.3) is 0 Å². The molecule has 50 valence electrons. The monoisotopic (exact) mass is 166 g/mol. The minimum Gasteiger partial charge on any atom is -0.480 e. The number of thioether (sulfide) groups is 1. The van der Waals surface area contributed by atoms with E-state index in [1.807, 2.05) is 0 Å². The summed E-state index contributed by atoms with van der Waals surface area (Å²) in [6, 6.07) is -2.37. The van der Waals surface area contributed by atoms with E-state index in [9.17, 15) is 4.79 Å². The number of hydrogen-bond acceptors (Lipinski definition) is 3. The Bertz CT molecular complexity index is 259. The molecular formula is C4H5NO2S2. The highest BCUT2D eigenvalue weighted by atomic mass is 32.2. The molecular weight excluding hydrogens is 158 g/mol. The molecule has 0 amide bonds. The van der Waals surface area contributed by atoms with E-state index in [1.54, 1.807) is 0 Å². The van der Waals surface area contributed by atoms with Gasteiger partial charge >= 0.3 is 5.97 Å². The van der Waals surface area contributed by atoms with E-state index in [0.29, 0.717) is 11.8 Å². The zero-order valence-corrected chi connectivity index (χ0v) is 5.80. The van der Waals surface area contributed by atoms with E-state index in [0.717, 1.165) is 0 Å². The molecule has 1 rings (SSSR count). The molecule has 3 nitrogen and oxygen atoms in total. The first-order chi connectivity index (χ1) is 5.29. The number of rotatable bonds is 1. The zero-order valence-electron chi connectivity index (χ0n) is 7.17. The van der Waals surface area contributed by atoms with Crippen molar-refractivity contribution in [2.24, 2.45) is 0 Å². The molecule has 1 unspecified atom stereocenters. The highest BCUT2D eigenvalue weighted by Crippen LogP contribution is 2.12. The van der Waals surface area contributed by atoms with Crippen molar-refractivity contribution in [3.8, 4) is 0 Å². The highest BCUT2D eigenvalue weighted by molar-refractivity contribution is 8.23. The van der Waals surface area contributed by atoms with Crippen molar-refractivity contribution < 1.29 is 14.0 Å². The summed E-state index contributed by atoms with van der Waals surface area (Å²) >= 11 is 5.11. The molecule has 0 aromatic carbocycles. The Hall–Kier alpha value is -0.290. The van der Waals surface area contributed by atoms with Gasteiger partial charge in [-0.05, 0) is 0 Å². The van der Waals surface area contributed by atoms with Gasteiger partial charge in [-0.3, -0.25) is 0 Å². The average Bonchev–Trinajstić information content (AvgIpc) is 2.02. The summed E-state index contributed by atoms with van der Waals surface area (Å²) in [6.45, 7) is 0. The van der Waals surface area contributed by atoms with Crippen LogP contribution in [0.2, 0.25) is 0 Å². The summed E-state index contributed by atoms with van der Waals surface area (Å²) in [6.07, 6.45) is 0. The van der Waals surface area contributed by atoms with Crippen LogP contribution in [0.4, 0.5) is 0 Å². The molecule has 1 aliphatic rings. The third-order valence-corrected chi connectivity index (χ3v) is 1.63. The van der Waals surface area contributed by atoms with Crippen LogP contribution in [0.15, 0.2) is 0 Å². The zero-order chi connectivity index (χ0) is 9.57. The van der Waals surface area contributed by atoms with Crippen LogP contribution in [0.5, 0.6) is 0 Å². The Morgan fingerprint density at radius 1 is 2.33 bits per heavy atom. The second-order valence-electron chi connectivity index (χ2n) is 1.30. The van der Waals surface area contributed by atoms with Gasteiger partial charge in [-0.15, -0.1) is 0 Å². The smallest absolute Gasteiger partial charge is 0.327 e. The van der Waals surface area contributed by atoms with Crippen molar-refractivity contribution in [2.45, 2.75) is 6.02 Å². The van der Waals surface area contributed by atoms with E-state index in [1.165, 1.54) is 0 Å². The predicted molar refractivity (Wildman–Crippen MR) is 39.6 cm³/mol.